The van der Waals surface area contributed by atoms with Crippen LogP contribution in [0.3, 0.4) is 0 Å². The Hall–Kier alpha value is -1.07. The number of nitrogens with zero attached hydrogens (tertiary/aromatic N) is 2. The Bertz CT molecular complexity index is 336. The molecule has 0 radical (unpaired) electrons. The van der Waals surface area contributed by atoms with Gasteiger partial charge in [-0.1, -0.05) is 6.92 Å². The van der Waals surface area contributed by atoms with Gasteiger partial charge in [0.05, 0.1) is 19.4 Å². The largest absolute Gasteiger partial charge is 0.493 e. The Labute approximate surface area is 95.7 Å². The summed E-state index contributed by atoms with van der Waals surface area (Å²) in [5.74, 6) is 0.508. The van der Waals surface area contributed by atoms with Crippen LogP contribution in [0.15, 0.2) is 6.20 Å². The minimum absolute atomic E-state index is 0.109. The van der Waals surface area contributed by atoms with Crippen molar-refractivity contribution >= 4 is 0 Å². The maximum Gasteiger partial charge on any atom is 0.162 e. The van der Waals surface area contributed by atoms with E-state index in [-0.39, 0.29) is 6.04 Å². The first kappa shape index (κ1) is 13.0. The molecule has 0 aliphatic rings. The molecule has 16 heavy (non-hydrogen) atoms. The van der Waals surface area contributed by atoms with Crippen LogP contribution < -0.4 is 4.74 Å². The van der Waals surface area contributed by atoms with Gasteiger partial charge < -0.3 is 14.9 Å². The van der Waals surface area contributed by atoms with Gasteiger partial charge in [-0.25, -0.2) is 0 Å². The van der Waals surface area contributed by atoms with E-state index in [4.69, 9.17) is 4.74 Å². The lowest BCUT2D eigenvalue weighted by Crippen LogP contribution is -2.22. The predicted octanol–water partition coefficient (Wildman–Crippen LogP) is 1.28. The van der Waals surface area contributed by atoms with Crippen LogP contribution in [0.2, 0.25) is 0 Å². The van der Waals surface area contributed by atoms with Crippen molar-refractivity contribution in [3.63, 3.8) is 0 Å². The zero-order valence-electron chi connectivity index (χ0n) is 10.2. The minimum atomic E-state index is -0.968. The smallest absolute Gasteiger partial charge is 0.162 e. The van der Waals surface area contributed by atoms with Gasteiger partial charge >= 0.3 is 0 Å². The second-order valence-electron chi connectivity index (χ2n) is 4.06. The molecule has 0 fully saturated rings. The molecule has 0 spiro atoms. The van der Waals surface area contributed by atoms with Crippen LogP contribution >= 0.6 is 0 Å². The van der Waals surface area contributed by atoms with E-state index in [0.29, 0.717) is 17.9 Å². The first-order chi connectivity index (χ1) is 7.52. The van der Waals surface area contributed by atoms with E-state index in [1.54, 1.807) is 10.9 Å². The molecule has 1 aromatic rings. The van der Waals surface area contributed by atoms with Gasteiger partial charge in [-0.3, -0.25) is 4.68 Å². The van der Waals surface area contributed by atoms with Crippen LogP contribution in [0.4, 0.5) is 0 Å². The second kappa shape index (κ2) is 5.32. The van der Waals surface area contributed by atoms with Crippen molar-refractivity contribution in [1.29, 1.82) is 0 Å². The van der Waals surface area contributed by atoms with Crippen molar-refractivity contribution in [2.45, 2.75) is 45.4 Å². The summed E-state index contributed by atoms with van der Waals surface area (Å²) in [6.07, 6.45) is 0.266. The third-order valence-electron chi connectivity index (χ3n) is 2.57. The molecule has 0 aliphatic heterocycles. The molecule has 2 atom stereocenters. The highest BCUT2D eigenvalue weighted by Crippen LogP contribution is 2.30. The average molecular weight is 228 g/mol. The molecule has 92 valence electrons. The highest BCUT2D eigenvalue weighted by atomic mass is 16.5. The summed E-state index contributed by atoms with van der Waals surface area (Å²) < 4.78 is 6.81. The standard InChI is InChI=1S/C11H20N2O3/c1-5-8(14)11(15)10-9(16-4)6-12-13(10)7(2)3/h6-8,11,14-15H,5H2,1-4H3. The SMILES string of the molecule is CCC(O)C(O)c1c(OC)cnn1C(C)C. The van der Waals surface area contributed by atoms with Gasteiger partial charge in [-0.05, 0) is 20.3 Å². The molecule has 0 amide bonds. The van der Waals surface area contributed by atoms with Gasteiger partial charge in [-0.15, -0.1) is 0 Å². The summed E-state index contributed by atoms with van der Waals surface area (Å²) in [5, 5.41) is 23.9. The third kappa shape index (κ3) is 2.36. The van der Waals surface area contributed by atoms with E-state index >= 15 is 0 Å². The Morgan fingerprint density at radius 1 is 1.44 bits per heavy atom. The van der Waals surface area contributed by atoms with Crippen molar-refractivity contribution in [3.05, 3.63) is 11.9 Å². The fourth-order valence-electron chi connectivity index (χ4n) is 1.61. The van der Waals surface area contributed by atoms with Crippen LogP contribution in [-0.4, -0.2) is 33.2 Å². The summed E-state index contributed by atoms with van der Waals surface area (Å²) in [4.78, 5) is 0. The van der Waals surface area contributed by atoms with Gasteiger partial charge in [0.2, 0.25) is 0 Å². The molecule has 1 rings (SSSR count). The summed E-state index contributed by atoms with van der Waals surface area (Å²) in [6, 6.07) is 0.109. The van der Waals surface area contributed by atoms with Crippen molar-refractivity contribution in [1.82, 2.24) is 9.78 Å². The normalized spacial score (nSPS) is 15.2. The Kier molecular flexibility index (Phi) is 4.32. The topological polar surface area (TPSA) is 67.5 Å². The maximum atomic E-state index is 10.0. The highest BCUT2D eigenvalue weighted by molar-refractivity contribution is 5.28. The molecule has 5 heteroatoms. The van der Waals surface area contributed by atoms with Crippen LogP contribution in [-0.2, 0) is 0 Å². The van der Waals surface area contributed by atoms with Crippen LogP contribution in [0.25, 0.3) is 0 Å². The molecule has 5 nitrogen and oxygen atoms in total. The fourth-order valence-corrected chi connectivity index (χ4v) is 1.61. The molecule has 2 unspecified atom stereocenters. The number of aromatic nitrogens is 2. The molecule has 0 aromatic carbocycles. The maximum absolute atomic E-state index is 10.0. The van der Waals surface area contributed by atoms with Crippen LogP contribution in [0, 0.1) is 0 Å². The van der Waals surface area contributed by atoms with Gasteiger partial charge in [-0.2, -0.15) is 5.10 Å². The van der Waals surface area contributed by atoms with E-state index in [1.807, 2.05) is 20.8 Å². The predicted molar refractivity (Wildman–Crippen MR) is 60.4 cm³/mol. The first-order valence-electron chi connectivity index (χ1n) is 5.50. The summed E-state index contributed by atoms with van der Waals surface area (Å²) in [5.41, 5.74) is 0.534. The van der Waals surface area contributed by atoms with Gasteiger partial charge in [0.15, 0.2) is 5.75 Å². The van der Waals surface area contributed by atoms with Gasteiger partial charge in [0, 0.05) is 6.04 Å². The van der Waals surface area contributed by atoms with Crippen molar-refractivity contribution in [3.8, 4) is 5.75 Å². The van der Waals surface area contributed by atoms with Crippen molar-refractivity contribution in [2.24, 2.45) is 0 Å². The van der Waals surface area contributed by atoms with Crippen LogP contribution in [0.1, 0.15) is 45.0 Å². The molecular formula is C11H20N2O3. The molecule has 0 saturated carbocycles. The molecule has 1 aromatic heterocycles. The first-order valence-corrected chi connectivity index (χ1v) is 5.50. The number of hydrogen-bond donors (Lipinski definition) is 2. The fraction of sp³-hybridized carbons (Fsp3) is 0.727. The number of ether oxygens (including phenoxy) is 1. The van der Waals surface area contributed by atoms with E-state index in [0.717, 1.165) is 0 Å². The summed E-state index contributed by atoms with van der Waals surface area (Å²) in [6.45, 7) is 5.73. The number of methoxy groups -OCH3 is 1. The van der Waals surface area contributed by atoms with Gasteiger partial charge in [0.1, 0.15) is 11.8 Å². The third-order valence-corrected chi connectivity index (χ3v) is 2.57. The van der Waals surface area contributed by atoms with E-state index in [1.165, 1.54) is 7.11 Å². The molecule has 1 heterocycles. The second-order valence-corrected chi connectivity index (χ2v) is 4.06. The molecule has 0 saturated heterocycles. The monoisotopic (exact) mass is 228 g/mol. The Balaban J connectivity index is 3.12. The molecule has 0 bridgehead atoms. The quantitative estimate of drug-likeness (QED) is 0.796. The lowest BCUT2D eigenvalue weighted by molar-refractivity contribution is 0.00916. The lowest BCUT2D eigenvalue weighted by Gasteiger charge is -2.20. The van der Waals surface area contributed by atoms with Gasteiger partial charge in [0.25, 0.3) is 0 Å². The highest BCUT2D eigenvalue weighted by Gasteiger charge is 2.26. The minimum Gasteiger partial charge on any atom is -0.493 e. The average Bonchev–Trinajstić information content (AvgIpc) is 2.70. The molecular weight excluding hydrogens is 208 g/mol. The zero-order valence-corrected chi connectivity index (χ0v) is 10.2. The number of aliphatic hydroxyl groups is 2. The lowest BCUT2D eigenvalue weighted by atomic mass is 10.1. The Morgan fingerprint density at radius 2 is 2.06 bits per heavy atom. The molecule has 0 aliphatic carbocycles. The van der Waals surface area contributed by atoms with Crippen molar-refractivity contribution in [2.75, 3.05) is 7.11 Å². The summed E-state index contributed by atoms with van der Waals surface area (Å²) >= 11 is 0. The number of rotatable bonds is 5. The van der Waals surface area contributed by atoms with Crippen LogP contribution in [0.5, 0.6) is 5.75 Å². The summed E-state index contributed by atoms with van der Waals surface area (Å²) in [7, 11) is 1.52. The van der Waals surface area contributed by atoms with E-state index in [2.05, 4.69) is 5.10 Å². The number of aliphatic hydroxyl groups excluding tert-OH is 2. The molecule has 2 N–H and O–H groups in total. The van der Waals surface area contributed by atoms with E-state index in [9.17, 15) is 10.2 Å². The van der Waals surface area contributed by atoms with Crippen molar-refractivity contribution < 1.29 is 14.9 Å². The zero-order chi connectivity index (χ0) is 12.3. The Morgan fingerprint density at radius 3 is 2.50 bits per heavy atom. The van der Waals surface area contributed by atoms with E-state index < -0.39 is 12.2 Å². The number of hydrogen-bond acceptors (Lipinski definition) is 4.